The summed E-state index contributed by atoms with van der Waals surface area (Å²) in [5.74, 6) is 1.83. The zero-order valence-electron chi connectivity index (χ0n) is 16.9. The van der Waals surface area contributed by atoms with Crippen LogP contribution >= 0.6 is 7.82 Å². The molecule has 10 heteroatoms. The molecule has 0 bridgehead atoms. The van der Waals surface area contributed by atoms with Gasteiger partial charge in [0.05, 0.1) is 20.8 Å². The molecule has 0 aromatic heterocycles. The van der Waals surface area contributed by atoms with Crippen LogP contribution in [0.2, 0.25) is 0 Å². The lowest BCUT2D eigenvalue weighted by Crippen LogP contribution is -2.61. The average molecular weight is 432 g/mol. The third kappa shape index (κ3) is 5.42. The first kappa shape index (κ1) is 22.3. The Bertz CT molecular complexity index is 741. The Morgan fingerprint density at radius 1 is 1.10 bits per heavy atom. The molecule has 3 N–H and O–H groups in total. The summed E-state index contributed by atoms with van der Waals surface area (Å²) in [6.07, 6.45) is 3.58. The largest absolute Gasteiger partial charge is 0.493 e. The van der Waals surface area contributed by atoms with Gasteiger partial charge in [-0.15, -0.1) is 0 Å². The first-order valence-electron chi connectivity index (χ1n) is 9.89. The molecule has 1 aromatic carbocycles. The number of phosphoric ester groups is 1. The molecule has 0 radical (unpaired) electrons. The summed E-state index contributed by atoms with van der Waals surface area (Å²) >= 11 is 0. The van der Waals surface area contributed by atoms with Crippen molar-refractivity contribution in [1.29, 1.82) is 0 Å². The normalized spacial score (nSPS) is 30.2. The van der Waals surface area contributed by atoms with Crippen molar-refractivity contribution >= 4 is 7.82 Å². The second kappa shape index (κ2) is 9.20. The van der Waals surface area contributed by atoms with Gasteiger partial charge in [-0.3, -0.25) is 4.48 Å². The fraction of sp³-hybridized carbons (Fsp3) is 0.684. The van der Waals surface area contributed by atoms with E-state index in [2.05, 4.69) is 0 Å². The predicted octanol–water partition coefficient (Wildman–Crippen LogP) is 2.04. The number of ether oxygens (including phenoxy) is 3. The van der Waals surface area contributed by atoms with Crippen LogP contribution in [0.3, 0.4) is 0 Å². The van der Waals surface area contributed by atoms with E-state index in [1.165, 1.54) is 0 Å². The molecule has 29 heavy (non-hydrogen) atoms. The van der Waals surface area contributed by atoms with Crippen LogP contribution in [0.25, 0.3) is 0 Å². The van der Waals surface area contributed by atoms with Crippen molar-refractivity contribution in [3.05, 3.63) is 18.2 Å². The van der Waals surface area contributed by atoms with Crippen LogP contribution < -0.4 is 14.2 Å². The number of hydrogen-bond acceptors (Lipinski definition) is 6. The van der Waals surface area contributed by atoms with Crippen LogP contribution in [0.5, 0.6) is 17.2 Å². The average Bonchev–Trinajstić information content (AvgIpc) is 3.08. The molecule has 9 nitrogen and oxygen atoms in total. The summed E-state index contributed by atoms with van der Waals surface area (Å²) in [7, 11) is -1.47. The number of nitrogens with zero attached hydrogens (tertiary/aromatic N) is 1. The molecular weight excluding hydrogens is 401 g/mol. The summed E-state index contributed by atoms with van der Waals surface area (Å²) in [5, 5.41) is 10.2. The fourth-order valence-corrected chi connectivity index (χ4v) is 5.00. The number of rotatable bonds is 8. The standard InChI is InChI=1S/C19H30NO8P/c1-25-18-8-7-15(11-19(18)26-2)28-17-6-4-3-5-16(17)20(10-9-14(21)12-20)13-27-29(22,23)24/h7-8,11,14,16-17,21H,3-6,9-10,12-13H2,1-2H3,(H-,22,23,24)/p+1/t14-,16-,17-,20-/m0/s1. The van der Waals surface area contributed by atoms with E-state index in [-0.39, 0.29) is 18.9 Å². The number of phosphoric acid groups is 1. The molecule has 1 heterocycles. The Balaban J connectivity index is 1.82. The van der Waals surface area contributed by atoms with Gasteiger partial charge < -0.3 is 29.1 Å². The highest BCUT2D eigenvalue weighted by molar-refractivity contribution is 7.46. The van der Waals surface area contributed by atoms with Gasteiger partial charge in [0.1, 0.15) is 24.4 Å². The van der Waals surface area contributed by atoms with Gasteiger partial charge in [-0.05, 0) is 31.4 Å². The van der Waals surface area contributed by atoms with E-state index >= 15 is 0 Å². The number of quaternary nitrogens is 1. The van der Waals surface area contributed by atoms with E-state index in [0.29, 0.717) is 41.2 Å². The predicted molar refractivity (Wildman–Crippen MR) is 105 cm³/mol. The molecule has 0 spiro atoms. The van der Waals surface area contributed by atoms with Crippen molar-refractivity contribution in [1.82, 2.24) is 0 Å². The van der Waals surface area contributed by atoms with Crippen molar-refractivity contribution in [2.45, 2.75) is 50.4 Å². The van der Waals surface area contributed by atoms with Crippen LogP contribution in [-0.2, 0) is 9.09 Å². The summed E-state index contributed by atoms with van der Waals surface area (Å²) in [5.41, 5.74) is 0. The maximum Gasteiger partial charge on any atom is 0.474 e. The van der Waals surface area contributed by atoms with Crippen LogP contribution in [0.15, 0.2) is 18.2 Å². The molecule has 0 amide bonds. The summed E-state index contributed by atoms with van der Waals surface area (Å²) in [4.78, 5) is 18.4. The quantitative estimate of drug-likeness (QED) is 0.422. The van der Waals surface area contributed by atoms with Gasteiger partial charge in [0, 0.05) is 18.9 Å². The topological polar surface area (TPSA) is 115 Å². The van der Waals surface area contributed by atoms with Crippen molar-refractivity contribution in [3.8, 4) is 17.2 Å². The lowest BCUT2D eigenvalue weighted by molar-refractivity contribution is -0.959. The Morgan fingerprint density at radius 2 is 1.83 bits per heavy atom. The van der Waals surface area contributed by atoms with Crippen LogP contribution in [0, 0.1) is 0 Å². The zero-order chi connectivity index (χ0) is 21.1. The molecule has 164 valence electrons. The molecule has 1 aliphatic heterocycles. The number of hydrogen-bond donors (Lipinski definition) is 3. The van der Waals surface area contributed by atoms with E-state index in [4.69, 9.17) is 18.7 Å². The van der Waals surface area contributed by atoms with E-state index < -0.39 is 13.9 Å². The first-order chi connectivity index (χ1) is 13.8. The highest BCUT2D eigenvalue weighted by Crippen LogP contribution is 2.41. The third-order valence-corrected chi connectivity index (χ3v) is 6.43. The van der Waals surface area contributed by atoms with Crippen molar-refractivity contribution < 1.29 is 42.7 Å². The molecule has 2 aliphatic rings. The lowest BCUT2D eigenvalue weighted by atomic mass is 9.89. The molecule has 2 fully saturated rings. The number of aliphatic hydroxyl groups excluding tert-OH is 1. The maximum absolute atomic E-state index is 11.3. The number of likely N-dealkylation sites (tertiary alicyclic amines) is 1. The minimum absolute atomic E-state index is 0.0273. The van der Waals surface area contributed by atoms with Crippen LogP contribution in [-0.4, -0.2) is 71.7 Å². The Kier molecular flexibility index (Phi) is 7.09. The Morgan fingerprint density at radius 3 is 2.45 bits per heavy atom. The summed E-state index contributed by atoms with van der Waals surface area (Å²) in [6, 6.07) is 5.36. The molecule has 1 aromatic rings. The SMILES string of the molecule is COc1ccc(O[C@H]2CCCC[C@@H]2[N@@+]2(COP(=O)(O)O)CC[C@H](O)C2)cc1OC. The van der Waals surface area contributed by atoms with Gasteiger partial charge in [0.2, 0.25) is 0 Å². The van der Waals surface area contributed by atoms with Gasteiger partial charge in [0.25, 0.3) is 0 Å². The Labute approximate surface area is 171 Å². The molecule has 1 saturated carbocycles. The van der Waals surface area contributed by atoms with Gasteiger partial charge in [-0.25, -0.2) is 9.09 Å². The second-order valence-electron chi connectivity index (χ2n) is 7.84. The molecule has 1 aliphatic carbocycles. The lowest BCUT2D eigenvalue weighted by Gasteiger charge is -2.46. The highest BCUT2D eigenvalue weighted by Gasteiger charge is 2.50. The number of aliphatic hydroxyl groups is 1. The Hall–Kier alpha value is -1.35. The summed E-state index contributed by atoms with van der Waals surface area (Å²) < 4.78 is 33.5. The smallest absolute Gasteiger partial charge is 0.474 e. The monoisotopic (exact) mass is 432 g/mol. The highest BCUT2D eigenvalue weighted by atomic mass is 31.2. The minimum atomic E-state index is -4.61. The molecule has 3 rings (SSSR count). The second-order valence-corrected chi connectivity index (χ2v) is 9.08. The zero-order valence-corrected chi connectivity index (χ0v) is 17.8. The first-order valence-corrected chi connectivity index (χ1v) is 11.4. The van der Waals surface area contributed by atoms with E-state index in [1.807, 2.05) is 6.07 Å². The summed E-state index contributed by atoms with van der Waals surface area (Å²) in [6.45, 7) is 0.853. The molecule has 1 saturated heterocycles. The van der Waals surface area contributed by atoms with Gasteiger partial charge in [-0.2, -0.15) is 0 Å². The van der Waals surface area contributed by atoms with E-state index in [0.717, 1.165) is 25.7 Å². The van der Waals surface area contributed by atoms with Gasteiger partial charge >= 0.3 is 7.82 Å². The van der Waals surface area contributed by atoms with E-state index in [1.54, 1.807) is 26.4 Å². The van der Waals surface area contributed by atoms with Crippen LogP contribution in [0.4, 0.5) is 0 Å². The van der Waals surface area contributed by atoms with Crippen LogP contribution in [0.1, 0.15) is 32.1 Å². The van der Waals surface area contributed by atoms with Gasteiger partial charge in [-0.1, -0.05) is 0 Å². The van der Waals surface area contributed by atoms with E-state index in [9.17, 15) is 19.5 Å². The number of methoxy groups -OCH3 is 2. The molecule has 0 unspecified atom stereocenters. The molecular formula is C19H31NO8P+. The van der Waals surface area contributed by atoms with Crippen molar-refractivity contribution in [2.24, 2.45) is 0 Å². The van der Waals surface area contributed by atoms with Crippen molar-refractivity contribution in [3.63, 3.8) is 0 Å². The van der Waals surface area contributed by atoms with Gasteiger partial charge in [0.15, 0.2) is 24.3 Å². The third-order valence-electron chi connectivity index (χ3n) is 5.98. The maximum atomic E-state index is 11.3. The minimum Gasteiger partial charge on any atom is -0.493 e. The molecule has 4 atom stereocenters. The van der Waals surface area contributed by atoms with Crippen molar-refractivity contribution in [2.75, 3.05) is 34.0 Å². The number of benzene rings is 1. The fourth-order valence-electron chi connectivity index (χ4n) is 4.62.